The van der Waals surface area contributed by atoms with Crippen molar-refractivity contribution < 1.29 is 14.3 Å². The topological polar surface area (TPSA) is 53.1 Å². The highest BCUT2D eigenvalue weighted by molar-refractivity contribution is 5.85. The number of nitrogens with one attached hydrogen (secondary N) is 1. The van der Waals surface area contributed by atoms with E-state index in [1.165, 1.54) is 57.4 Å². The van der Waals surface area contributed by atoms with Crippen molar-refractivity contribution in [1.29, 1.82) is 0 Å². The fourth-order valence-corrected chi connectivity index (χ4v) is 2.57. The van der Waals surface area contributed by atoms with Crippen LogP contribution in [0.25, 0.3) is 0 Å². The third kappa shape index (κ3) is 7.30. The first kappa shape index (κ1) is 17.7. The second kappa shape index (κ2) is 10.4. The van der Waals surface area contributed by atoms with Gasteiger partial charge in [-0.3, -0.25) is 0 Å². The van der Waals surface area contributed by atoms with Crippen LogP contribution < -0.4 is 0 Å². The van der Waals surface area contributed by atoms with Crippen molar-refractivity contribution in [3.8, 4) is 0 Å². The van der Waals surface area contributed by atoms with E-state index in [-0.39, 0.29) is 5.69 Å². The van der Waals surface area contributed by atoms with Gasteiger partial charge in [-0.25, -0.2) is 9.18 Å². The minimum absolute atomic E-state index is 0.322. The van der Waals surface area contributed by atoms with Crippen LogP contribution in [0.2, 0.25) is 0 Å². The summed E-state index contributed by atoms with van der Waals surface area (Å²) in [6.07, 6.45) is 13.3. The largest absolute Gasteiger partial charge is 0.476 e. The number of aromatic amines is 1. The van der Waals surface area contributed by atoms with E-state index in [2.05, 4.69) is 11.9 Å². The third-order valence-electron chi connectivity index (χ3n) is 3.84. The lowest BCUT2D eigenvalue weighted by Gasteiger charge is -2.02. The summed E-state index contributed by atoms with van der Waals surface area (Å²) in [5.74, 6) is -1.90. The van der Waals surface area contributed by atoms with E-state index in [9.17, 15) is 9.18 Å². The molecule has 21 heavy (non-hydrogen) atoms. The molecule has 2 N–H and O–H groups in total. The van der Waals surface area contributed by atoms with Crippen LogP contribution in [0.4, 0.5) is 4.39 Å². The van der Waals surface area contributed by atoms with Crippen molar-refractivity contribution in [2.75, 3.05) is 0 Å². The first-order chi connectivity index (χ1) is 10.1. The van der Waals surface area contributed by atoms with Crippen LogP contribution in [0.1, 0.15) is 87.3 Å². The maximum Gasteiger partial charge on any atom is 0.355 e. The molecular weight excluding hydrogens is 269 g/mol. The summed E-state index contributed by atoms with van der Waals surface area (Å²) in [6.45, 7) is 2.23. The maximum atomic E-state index is 13.3. The highest BCUT2D eigenvalue weighted by Gasteiger charge is 2.13. The quantitative estimate of drug-likeness (QED) is 0.513. The van der Waals surface area contributed by atoms with E-state index in [1.807, 2.05) is 0 Å². The van der Waals surface area contributed by atoms with Gasteiger partial charge in [0.1, 0.15) is 0 Å². The van der Waals surface area contributed by atoms with Crippen molar-refractivity contribution >= 4 is 5.97 Å². The molecule has 0 spiro atoms. The lowest BCUT2D eigenvalue weighted by atomic mass is 10.1. The molecule has 1 aromatic heterocycles. The average molecular weight is 297 g/mol. The predicted octanol–water partition coefficient (Wildman–Crippen LogP) is 5.32. The van der Waals surface area contributed by atoms with Gasteiger partial charge >= 0.3 is 5.97 Å². The molecule has 0 saturated heterocycles. The molecule has 0 aliphatic heterocycles. The fraction of sp³-hybridized carbons (Fsp3) is 0.706. The van der Waals surface area contributed by atoms with E-state index in [4.69, 9.17) is 5.11 Å². The zero-order valence-corrected chi connectivity index (χ0v) is 13.1. The number of H-pyrrole nitrogens is 1. The molecule has 0 unspecified atom stereocenters. The lowest BCUT2D eigenvalue weighted by molar-refractivity contribution is 0.0686. The van der Waals surface area contributed by atoms with Crippen LogP contribution in [-0.2, 0) is 6.42 Å². The number of aryl methyl sites for hydroxylation is 1. The monoisotopic (exact) mass is 297 g/mol. The number of carboxylic acids is 1. The molecular formula is C17H28FNO2. The van der Waals surface area contributed by atoms with Gasteiger partial charge in [0, 0.05) is 5.69 Å². The standard InChI is InChI=1S/C17H28FNO2/c1-2-3-4-5-6-7-8-9-10-11-12-14-13-15(18)16(19-14)17(20)21/h13,19H,2-12H2,1H3,(H,20,21). The molecule has 4 heteroatoms. The zero-order chi connectivity index (χ0) is 15.5. The van der Waals surface area contributed by atoms with Gasteiger partial charge in [-0.1, -0.05) is 64.7 Å². The highest BCUT2D eigenvalue weighted by Crippen LogP contribution is 2.14. The molecule has 0 fully saturated rings. The molecule has 1 aromatic rings. The van der Waals surface area contributed by atoms with Gasteiger partial charge in [0.15, 0.2) is 11.5 Å². The molecule has 0 saturated carbocycles. The van der Waals surface area contributed by atoms with Gasteiger partial charge in [-0.2, -0.15) is 0 Å². The maximum absolute atomic E-state index is 13.3. The van der Waals surface area contributed by atoms with E-state index >= 15 is 0 Å². The zero-order valence-electron chi connectivity index (χ0n) is 13.1. The van der Waals surface area contributed by atoms with E-state index in [1.54, 1.807) is 0 Å². The number of carbonyl (C=O) groups is 1. The van der Waals surface area contributed by atoms with Gasteiger partial charge in [-0.15, -0.1) is 0 Å². The minimum atomic E-state index is -1.23. The number of rotatable bonds is 12. The van der Waals surface area contributed by atoms with E-state index in [0.29, 0.717) is 5.69 Å². The molecule has 0 aliphatic carbocycles. The summed E-state index contributed by atoms with van der Waals surface area (Å²) in [6, 6.07) is 1.30. The van der Waals surface area contributed by atoms with Crippen LogP contribution in [0.15, 0.2) is 6.07 Å². The second-order valence-corrected chi connectivity index (χ2v) is 5.75. The molecule has 1 rings (SSSR count). The van der Waals surface area contributed by atoms with Gasteiger partial charge in [0.05, 0.1) is 0 Å². The number of aromatic nitrogens is 1. The van der Waals surface area contributed by atoms with Crippen molar-refractivity contribution in [2.45, 2.75) is 77.6 Å². The van der Waals surface area contributed by atoms with Crippen LogP contribution >= 0.6 is 0 Å². The Hall–Kier alpha value is -1.32. The van der Waals surface area contributed by atoms with Crippen molar-refractivity contribution in [1.82, 2.24) is 4.98 Å². The highest BCUT2D eigenvalue weighted by atomic mass is 19.1. The van der Waals surface area contributed by atoms with E-state index in [0.717, 1.165) is 19.3 Å². The van der Waals surface area contributed by atoms with Crippen molar-refractivity contribution in [2.24, 2.45) is 0 Å². The molecule has 0 amide bonds. The SMILES string of the molecule is CCCCCCCCCCCCc1cc(F)c(C(=O)O)[nH]1. The Balaban J connectivity index is 2.02. The van der Waals surface area contributed by atoms with Crippen molar-refractivity contribution in [3.63, 3.8) is 0 Å². The Bertz CT molecular complexity index is 415. The number of hydrogen-bond acceptors (Lipinski definition) is 1. The van der Waals surface area contributed by atoms with E-state index < -0.39 is 11.8 Å². The Morgan fingerprint density at radius 3 is 2.05 bits per heavy atom. The molecule has 0 aliphatic rings. The first-order valence-electron chi connectivity index (χ1n) is 8.25. The average Bonchev–Trinajstić information content (AvgIpc) is 2.82. The molecule has 3 nitrogen and oxygen atoms in total. The van der Waals surface area contributed by atoms with Gasteiger partial charge < -0.3 is 10.1 Å². The fourth-order valence-electron chi connectivity index (χ4n) is 2.57. The summed E-state index contributed by atoms with van der Waals surface area (Å²) in [5, 5.41) is 8.75. The summed E-state index contributed by atoms with van der Waals surface area (Å²) in [4.78, 5) is 13.3. The number of carboxylic acid groups (broad SMARTS) is 1. The van der Waals surface area contributed by atoms with Crippen LogP contribution in [0.3, 0.4) is 0 Å². The molecule has 120 valence electrons. The summed E-state index contributed by atoms with van der Waals surface area (Å²) < 4.78 is 13.3. The van der Waals surface area contributed by atoms with Gasteiger partial charge in [0.2, 0.25) is 0 Å². The molecule has 0 aromatic carbocycles. The molecule has 0 atom stereocenters. The lowest BCUT2D eigenvalue weighted by Crippen LogP contribution is -1.99. The number of aromatic carboxylic acids is 1. The Kier molecular flexibility index (Phi) is 8.79. The third-order valence-corrected chi connectivity index (χ3v) is 3.84. The summed E-state index contributed by atoms with van der Waals surface area (Å²) in [5.41, 5.74) is 0.363. The number of halogens is 1. The molecule has 1 heterocycles. The van der Waals surface area contributed by atoms with Crippen molar-refractivity contribution in [3.05, 3.63) is 23.3 Å². The Morgan fingerprint density at radius 2 is 1.57 bits per heavy atom. The molecule has 0 radical (unpaired) electrons. The predicted molar refractivity (Wildman–Crippen MR) is 83.3 cm³/mol. The Labute approximate surface area is 127 Å². The smallest absolute Gasteiger partial charge is 0.355 e. The normalized spacial score (nSPS) is 11.0. The first-order valence-corrected chi connectivity index (χ1v) is 8.25. The second-order valence-electron chi connectivity index (χ2n) is 5.75. The van der Waals surface area contributed by atoms with Crippen LogP contribution in [0.5, 0.6) is 0 Å². The Morgan fingerprint density at radius 1 is 1.05 bits per heavy atom. The van der Waals surface area contributed by atoms with Crippen LogP contribution in [0, 0.1) is 5.82 Å². The molecule has 0 bridgehead atoms. The van der Waals surface area contributed by atoms with Gasteiger partial charge in [-0.05, 0) is 18.9 Å². The summed E-state index contributed by atoms with van der Waals surface area (Å²) >= 11 is 0. The number of unbranched alkanes of at least 4 members (excludes halogenated alkanes) is 9. The minimum Gasteiger partial charge on any atom is -0.476 e. The van der Waals surface area contributed by atoms with Gasteiger partial charge in [0.25, 0.3) is 0 Å². The number of hydrogen-bond donors (Lipinski definition) is 2. The van der Waals surface area contributed by atoms with Crippen LogP contribution in [-0.4, -0.2) is 16.1 Å². The summed E-state index contributed by atoms with van der Waals surface area (Å²) in [7, 11) is 0.